The fraction of sp³-hybridized carbons (Fsp3) is 1.00. The Morgan fingerprint density at radius 2 is 1.33 bits per heavy atom. The van der Waals surface area contributed by atoms with Gasteiger partial charge in [0.15, 0.2) is 0 Å². The molecule has 2 heterocycles. The van der Waals surface area contributed by atoms with Crippen LogP contribution in [0.1, 0.15) is 20.3 Å². The first-order chi connectivity index (χ1) is 9.89. The third kappa shape index (κ3) is 4.63. The van der Waals surface area contributed by atoms with Crippen LogP contribution >= 0.6 is 0 Å². The maximum Gasteiger partial charge on any atom is 0.282 e. The van der Waals surface area contributed by atoms with Crippen LogP contribution in [0, 0.1) is 5.92 Å². The van der Waals surface area contributed by atoms with Gasteiger partial charge in [-0.25, -0.2) is 0 Å². The smallest absolute Gasteiger partial charge is 0.282 e. The van der Waals surface area contributed by atoms with Gasteiger partial charge in [0.25, 0.3) is 10.2 Å². The molecule has 21 heavy (non-hydrogen) atoms. The summed E-state index contributed by atoms with van der Waals surface area (Å²) in [5.74, 6) is 0.706. The molecule has 0 aromatic carbocycles. The first-order valence-corrected chi connectivity index (χ1v) is 9.45. The molecule has 0 aliphatic carbocycles. The van der Waals surface area contributed by atoms with E-state index in [0.29, 0.717) is 32.1 Å². The third-order valence-corrected chi connectivity index (χ3v) is 6.50. The highest BCUT2D eigenvalue weighted by molar-refractivity contribution is 7.86. The van der Waals surface area contributed by atoms with Crippen molar-refractivity contribution < 1.29 is 8.42 Å². The lowest BCUT2D eigenvalue weighted by molar-refractivity contribution is 0.165. The van der Waals surface area contributed by atoms with Crippen molar-refractivity contribution in [3.63, 3.8) is 0 Å². The molecular weight excluding hydrogens is 288 g/mol. The molecule has 0 radical (unpaired) electrons. The molecule has 0 aromatic heterocycles. The quantitative estimate of drug-likeness (QED) is 0.724. The highest BCUT2D eigenvalue weighted by atomic mass is 32.2. The topological polar surface area (TPSA) is 47.1 Å². The van der Waals surface area contributed by atoms with Crippen LogP contribution in [0.2, 0.25) is 0 Å². The maximum absolute atomic E-state index is 12.6. The number of piperazine rings is 2. The van der Waals surface area contributed by atoms with E-state index in [-0.39, 0.29) is 0 Å². The molecule has 0 amide bonds. The largest absolute Gasteiger partial charge is 0.304 e. The van der Waals surface area contributed by atoms with Gasteiger partial charge in [0.1, 0.15) is 0 Å². The summed E-state index contributed by atoms with van der Waals surface area (Å²) >= 11 is 0. The summed E-state index contributed by atoms with van der Waals surface area (Å²) in [6.07, 6.45) is 1.19. The molecule has 0 atom stereocenters. The summed E-state index contributed by atoms with van der Waals surface area (Å²) in [6, 6.07) is 0. The highest BCUT2D eigenvalue weighted by Crippen LogP contribution is 2.15. The Hall–Kier alpha value is -0.210. The van der Waals surface area contributed by atoms with Crippen LogP contribution in [-0.4, -0.2) is 92.8 Å². The van der Waals surface area contributed by atoms with Crippen LogP contribution in [0.3, 0.4) is 0 Å². The zero-order valence-corrected chi connectivity index (χ0v) is 14.5. The van der Waals surface area contributed by atoms with E-state index in [1.165, 1.54) is 6.42 Å². The number of hydrogen-bond donors (Lipinski definition) is 0. The van der Waals surface area contributed by atoms with E-state index in [9.17, 15) is 8.42 Å². The molecule has 0 bridgehead atoms. The van der Waals surface area contributed by atoms with Crippen LogP contribution < -0.4 is 0 Å². The van der Waals surface area contributed by atoms with E-state index in [1.54, 1.807) is 8.61 Å². The lowest BCUT2D eigenvalue weighted by atomic mass is 10.1. The fourth-order valence-electron chi connectivity index (χ4n) is 2.81. The Morgan fingerprint density at radius 1 is 0.857 bits per heavy atom. The molecule has 0 unspecified atom stereocenters. The molecule has 2 fully saturated rings. The van der Waals surface area contributed by atoms with Gasteiger partial charge < -0.3 is 9.80 Å². The summed E-state index contributed by atoms with van der Waals surface area (Å²) in [4.78, 5) is 4.56. The van der Waals surface area contributed by atoms with Gasteiger partial charge in [0.05, 0.1) is 0 Å². The van der Waals surface area contributed by atoms with Crippen molar-refractivity contribution in [3.8, 4) is 0 Å². The monoisotopic (exact) mass is 318 g/mol. The van der Waals surface area contributed by atoms with E-state index in [1.807, 2.05) is 7.05 Å². The average molecular weight is 318 g/mol. The van der Waals surface area contributed by atoms with Gasteiger partial charge in [-0.05, 0) is 25.9 Å². The van der Waals surface area contributed by atoms with Gasteiger partial charge in [-0.15, -0.1) is 0 Å². The molecule has 0 spiro atoms. The third-order valence-electron chi connectivity index (χ3n) is 4.47. The van der Waals surface area contributed by atoms with Crippen LogP contribution in [0.15, 0.2) is 0 Å². The van der Waals surface area contributed by atoms with E-state index in [2.05, 4.69) is 23.6 Å². The lowest BCUT2D eigenvalue weighted by Gasteiger charge is -2.39. The van der Waals surface area contributed by atoms with Gasteiger partial charge in [-0.2, -0.15) is 17.0 Å². The lowest BCUT2D eigenvalue weighted by Crippen LogP contribution is -2.56. The number of likely N-dealkylation sites (N-methyl/N-ethyl adjacent to an activating group) is 1. The molecule has 0 aromatic rings. The SMILES string of the molecule is CC(C)CCN1CCN(S(=O)(=O)N2CCN(C)CC2)CC1. The summed E-state index contributed by atoms with van der Waals surface area (Å²) < 4.78 is 28.6. The Balaban J connectivity index is 1.83. The van der Waals surface area contributed by atoms with Gasteiger partial charge in [-0.1, -0.05) is 13.8 Å². The van der Waals surface area contributed by atoms with Crippen molar-refractivity contribution in [2.75, 3.05) is 66.0 Å². The molecule has 2 saturated heterocycles. The second-order valence-corrected chi connectivity index (χ2v) is 8.56. The maximum atomic E-state index is 12.6. The van der Waals surface area contributed by atoms with E-state index in [4.69, 9.17) is 0 Å². The molecule has 2 aliphatic heterocycles. The predicted molar refractivity (Wildman–Crippen MR) is 85.5 cm³/mol. The minimum Gasteiger partial charge on any atom is -0.304 e. The van der Waals surface area contributed by atoms with Crippen LogP contribution in [0.25, 0.3) is 0 Å². The van der Waals surface area contributed by atoms with Crippen molar-refractivity contribution in [3.05, 3.63) is 0 Å². The summed E-state index contributed by atoms with van der Waals surface area (Å²) in [5, 5.41) is 0. The van der Waals surface area contributed by atoms with E-state index >= 15 is 0 Å². The zero-order chi connectivity index (χ0) is 15.5. The number of nitrogens with zero attached hydrogens (tertiary/aromatic N) is 4. The second kappa shape index (κ2) is 7.37. The Labute approximate surface area is 129 Å². The van der Waals surface area contributed by atoms with Gasteiger partial charge in [-0.3, -0.25) is 0 Å². The van der Waals surface area contributed by atoms with E-state index in [0.717, 1.165) is 32.7 Å². The first kappa shape index (κ1) is 17.1. The van der Waals surface area contributed by atoms with Gasteiger partial charge in [0, 0.05) is 52.4 Å². The van der Waals surface area contributed by atoms with Crippen molar-refractivity contribution >= 4 is 10.2 Å². The number of rotatable bonds is 5. The summed E-state index contributed by atoms with van der Waals surface area (Å²) in [7, 11) is -1.21. The van der Waals surface area contributed by atoms with Crippen LogP contribution in [0.4, 0.5) is 0 Å². The Morgan fingerprint density at radius 3 is 1.81 bits per heavy atom. The van der Waals surface area contributed by atoms with Gasteiger partial charge in [0.2, 0.25) is 0 Å². The molecule has 124 valence electrons. The standard InChI is InChI=1S/C14H30N4O2S/c1-14(2)4-5-16-8-12-18(13-9-16)21(19,20)17-10-6-15(3)7-11-17/h14H,4-13H2,1-3H3. The summed E-state index contributed by atoms with van der Waals surface area (Å²) in [5.41, 5.74) is 0. The minimum absolute atomic E-state index is 0.617. The molecular formula is C14H30N4O2S. The number of hydrogen-bond acceptors (Lipinski definition) is 4. The molecule has 0 N–H and O–H groups in total. The van der Waals surface area contributed by atoms with Crippen LogP contribution in [-0.2, 0) is 10.2 Å². The molecule has 7 heteroatoms. The van der Waals surface area contributed by atoms with Crippen molar-refractivity contribution in [1.82, 2.24) is 18.4 Å². The normalized spacial score (nSPS) is 24.8. The molecule has 2 aliphatic rings. The van der Waals surface area contributed by atoms with Crippen LogP contribution in [0.5, 0.6) is 0 Å². The van der Waals surface area contributed by atoms with Crippen molar-refractivity contribution in [1.29, 1.82) is 0 Å². The van der Waals surface area contributed by atoms with E-state index < -0.39 is 10.2 Å². The fourth-order valence-corrected chi connectivity index (χ4v) is 4.38. The minimum atomic E-state index is -3.25. The average Bonchev–Trinajstić information content (AvgIpc) is 2.46. The Bertz CT molecular complexity index is 411. The highest BCUT2D eigenvalue weighted by Gasteiger charge is 2.33. The summed E-state index contributed by atoms with van der Waals surface area (Å²) in [6.45, 7) is 11.4. The van der Waals surface area contributed by atoms with Crippen molar-refractivity contribution in [2.24, 2.45) is 5.92 Å². The first-order valence-electron chi connectivity index (χ1n) is 8.05. The molecule has 6 nitrogen and oxygen atoms in total. The predicted octanol–water partition coefficient (Wildman–Crippen LogP) is 0.142. The van der Waals surface area contributed by atoms with Crippen molar-refractivity contribution in [2.45, 2.75) is 20.3 Å². The van der Waals surface area contributed by atoms with Gasteiger partial charge >= 0.3 is 0 Å². The zero-order valence-electron chi connectivity index (χ0n) is 13.7. The molecule has 0 saturated carbocycles. The second-order valence-electron chi connectivity index (χ2n) is 6.63. The Kier molecular flexibility index (Phi) is 6.02. The molecule has 2 rings (SSSR count).